The SMILES string of the molecule is COc1cccc(CNC(=O)C2CC(C)NN2)c1. The third-order valence-electron chi connectivity index (χ3n) is 3.01. The molecule has 1 aliphatic rings. The van der Waals surface area contributed by atoms with Gasteiger partial charge in [-0.05, 0) is 31.0 Å². The van der Waals surface area contributed by atoms with Crippen LogP contribution in [0.2, 0.25) is 0 Å². The summed E-state index contributed by atoms with van der Waals surface area (Å²) < 4.78 is 5.14. The van der Waals surface area contributed by atoms with Crippen LogP contribution in [0, 0.1) is 0 Å². The Morgan fingerprint density at radius 2 is 2.33 bits per heavy atom. The quantitative estimate of drug-likeness (QED) is 0.730. The predicted molar refractivity (Wildman–Crippen MR) is 69.0 cm³/mol. The second-order valence-corrected chi connectivity index (χ2v) is 4.55. The van der Waals surface area contributed by atoms with E-state index in [1.54, 1.807) is 7.11 Å². The van der Waals surface area contributed by atoms with Gasteiger partial charge in [0, 0.05) is 12.6 Å². The van der Waals surface area contributed by atoms with E-state index >= 15 is 0 Å². The number of nitrogens with one attached hydrogen (secondary N) is 3. The molecule has 2 atom stereocenters. The fourth-order valence-electron chi connectivity index (χ4n) is 1.98. The first-order chi connectivity index (χ1) is 8.69. The molecular weight excluding hydrogens is 230 g/mol. The fraction of sp³-hybridized carbons (Fsp3) is 0.462. The maximum Gasteiger partial charge on any atom is 0.238 e. The number of carbonyl (C=O) groups excluding carboxylic acids is 1. The minimum absolute atomic E-state index is 0.0228. The third-order valence-corrected chi connectivity index (χ3v) is 3.01. The van der Waals surface area contributed by atoms with Gasteiger partial charge in [0.2, 0.25) is 5.91 Å². The standard InChI is InChI=1S/C13H19N3O2/c1-9-6-12(16-15-9)13(17)14-8-10-4-3-5-11(7-10)18-2/h3-5,7,9,12,15-16H,6,8H2,1-2H3,(H,14,17). The monoisotopic (exact) mass is 249 g/mol. The predicted octanol–water partition coefficient (Wildman–Crippen LogP) is 0.566. The summed E-state index contributed by atoms with van der Waals surface area (Å²) in [5.74, 6) is 0.825. The van der Waals surface area contributed by atoms with E-state index in [0.29, 0.717) is 12.6 Å². The molecule has 0 radical (unpaired) electrons. The fourth-order valence-corrected chi connectivity index (χ4v) is 1.98. The molecule has 0 bridgehead atoms. The van der Waals surface area contributed by atoms with Crippen LogP contribution in [0.1, 0.15) is 18.9 Å². The number of hydrogen-bond acceptors (Lipinski definition) is 4. The minimum atomic E-state index is -0.148. The Bertz CT molecular complexity index is 422. The summed E-state index contributed by atoms with van der Waals surface area (Å²) in [6.07, 6.45) is 0.809. The molecule has 1 saturated heterocycles. The minimum Gasteiger partial charge on any atom is -0.497 e. The number of hydrazine groups is 1. The Balaban J connectivity index is 1.85. The molecule has 1 aliphatic heterocycles. The van der Waals surface area contributed by atoms with Gasteiger partial charge in [-0.2, -0.15) is 0 Å². The van der Waals surface area contributed by atoms with Crippen LogP contribution >= 0.6 is 0 Å². The largest absolute Gasteiger partial charge is 0.497 e. The zero-order valence-electron chi connectivity index (χ0n) is 10.7. The molecule has 1 fully saturated rings. The topological polar surface area (TPSA) is 62.4 Å². The highest BCUT2D eigenvalue weighted by molar-refractivity contribution is 5.82. The van der Waals surface area contributed by atoms with Gasteiger partial charge in [0.15, 0.2) is 0 Å². The van der Waals surface area contributed by atoms with Crippen molar-refractivity contribution in [2.45, 2.75) is 32.0 Å². The summed E-state index contributed by atoms with van der Waals surface area (Å²) in [7, 11) is 1.63. The van der Waals surface area contributed by atoms with Crippen LogP contribution in [0.15, 0.2) is 24.3 Å². The Kier molecular flexibility index (Phi) is 4.17. The molecular formula is C13H19N3O2. The number of methoxy groups -OCH3 is 1. The van der Waals surface area contributed by atoms with Gasteiger partial charge in [-0.25, -0.2) is 5.43 Å². The highest BCUT2D eigenvalue weighted by Gasteiger charge is 2.26. The number of benzene rings is 1. The lowest BCUT2D eigenvalue weighted by Gasteiger charge is -2.11. The van der Waals surface area contributed by atoms with Crippen molar-refractivity contribution in [3.8, 4) is 5.75 Å². The maximum absolute atomic E-state index is 11.9. The number of hydrogen-bond donors (Lipinski definition) is 3. The van der Waals surface area contributed by atoms with Crippen LogP contribution in [-0.4, -0.2) is 25.1 Å². The summed E-state index contributed by atoms with van der Waals surface area (Å²) >= 11 is 0. The summed E-state index contributed by atoms with van der Waals surface area (Å²) in [6.45, 7) is 2.56. The van der Waals surface area contributed by atoms with Crippen LogP contribution in [0.3, 0.4) is 0 Å². The van der Waals surface area contributed by atoms with Gasteiger partial charge in [0.1, 0.15) is 11.8 Å². The number of ether oxygens (including phenoxy) is 1. The molecule has 0 spiro atoms. The molecule has 1 amide bonds. The normalized spacial score (nSPS) is 22.8. The van der Waals surface area contributed by atoms with Crippen molar-refractivity contribution in [3.05, 3.63) is 29.8 Å². The van der Waals surface area contributed by atoms with Gasteiger partial charge in [0.25, 0.3) is 0 Å². The van der Waals surface area contributed by atoms with Crippen molar-refractivity contribution in [1.82, 2.24) is 16.2 Å². The van der Waals surface area contributed by atoms with Crippen molar-refractivity contribution in [2.24, 2.45) is 0 Å². The highest BCUT2D eigenvalue weighted by Crippen LogP contribution is 2.12. The third kappa shape index (κ3) is 3.21. The molecule has 0 aliphatic carbocycles. The Morgan fingerprint density at radius 1 is 1.50 bits per heavy atom. The second-order valence-electron chi connectivity index (χ2n) is 4.55. The first kappa shape index (κ1) is 12.9. The zero-order valence-corrected chi connectivity index (χ0v) is 10.7. The molecule has 98 valence electrons. The lowest BCUT2D eigenvalue weighted by Crippen LogP contribution is -2.43. The first-order valence-electron chi connectivity index (χ1n) is 6.10. The Morgan fingerprint density at radius 3 is 3.00 bits per heavy atom. The molecule has 1 heterocycles. The van der Waals surface area contributed by atoms with Gasteiger partial charge in [-0.3, -0.25) is 10.2 Å². The van der Waals surface area contributed by atoms with E-state index in [1.165, 1.54) is 0 Å². The van der Waals surface area contributed by atoms with Crippen molar-refractivity contribution in [3.63, 3.8) is 0 Å². The van der Waals surface area contributed by atoms with Crippen molar-refractivity contribution >= 4 is 5.91 Å². The molecule has 5 nitrogen and oxygen atoms in total. The lowest BCUT2D eigenvalue weighted by atomic mass is 10.1. The molecule has 18 heavy (non-hydrogen) atoms. The molecule has 2 rings (SSSR count). The number of carbonyl (C=O) groups is 1. The molecule has 0 saturated carbocycles. The smallest absolute Gasteiger partial charge is 0.238 e. The number of amides is 1. The van der Waals surface area contributed by atoms with E-state index in [0.717, 1.165) is 17.7 Å². The van der Waals surface area contributed by atoms with Gasteiger partial charge in [0.05, 0.1) is 7.11 Å². The van der Waals surface area contributed by atoms with Gasteiger partial charge in [-0.1, -0.05) is 12.1 Å². The molecule has 0 aromatic heterocycles. The Hall–Kier alpha value is -1.59. The zero-order chi connectivity index (χ0) is 13.0. The van der Waals surface area contributed by atoms with E-state index in [9.17, 15) is 4.79 Å². The number of rotatable bonds is 4. The second kappa shape index (κ2) is 5.84. The van der Waals surface area contributed by atoms with Crippen LogP contribution in [0.5, 0.6) is 5.75 Å². The maximum atomic E-state index is 11.9. The van der Waals surface area contributed by atoms with Crippen LogP contribution in [0.4, 0.5) is 0 Å². The average Bonchev–Trinajstić information content (AvgIpc) is 2.83. The Labute approximate surface area is 107 Å². The van der Waals surface area contributed by atoms with Gasteiger partial charge < -0.3 is 10.1 Å². The summed E-state index contributed by atoms with van der Waals surface area (Å²) in [4.78, 5) is 11.9. The summed E-state index contributed by atoms with van der Waals surface area (Å²) in [6, 6.07) is 7.87. The van der Waals surface area contributed by atoms with Crippen LogP contribution in [0.25, 0.3) is 0 Å². The summed E-state index contributed by atoms with van der Waals surface area (Å²) in [5, 5.41) is 2.92. The van der Waals surface area contributed by atoms with Crippen molar-refractivity contribution < 1.29 is 9.53 Å². The van der Waals surface area contributed by atoms with E-state index in [4.69, 9.17) is 4.74 Å². The van der Waals surface area contributed by atoms with Gasteiger partial charge in [-0.15, -0.1) is 0 Å². The van der Waals surface area contributed by atoms with Crippen molar-refractivity contribution in [1.29, 1.82) is 0 Å². The van der Waals surface area contributed by atoms with E-state index in [2.05, 4.69) is 16.2 Å². The van der Waals surface area contributed by atoms with Crippen LogP contribution < -0.4 is 20.9 Å². The average molecular weight is 249 g/mol. The molecule has 1 aromatic carbocycles. The van der Waals surface area contributed by atoms with Crippen molar-refractivity contribution in [2.75, 3.05) is 7.11 Å². The van der Waals surface area contributed by atoms with E-state index in [1.807, 2.05) is 31.2 Å². The molecule has 2 unspecified atom stereocenters. The summed E-state index contributed by atoms with van der Waals surface area (Å²) in [5.41, 5.74) is 7.04. The van der Waals surface area contributed by atoms with Crippen LogP contribution in [-0.2, 0) is 11.3 Å². The van der Waals surface area contributed by atoms with E-state index < -0.39 is 0 Å². The lowest BCUT2D eigenvalue weighted by molar-refractivity contribution is -0.123. The molecule has 1 aromatic rings. The molecule has 3 N–H and O–H groups in total. The molecule has 5 heteroatoms. The highest BCUT2D eigenvalue weighted by atomic mass is 16.5. The van der Waals surface area contributed by atoms with E-state index in [-0.39, 0.29) is 11.9 Å². The first-order valence-corrected chi connectivity index (χ1v) is 6.10. The van der Waals surface area contributed by atoms with Gasteiger partial charge >= 0.3 is 0 Å².